The average Bonchev–Trinajstić information content (AvgIpc) is 3.31. The van der Waals surface area contributed by atoms with Gasteiger partial charge in [-0.2, -0.15) is 0 Å². The van der Waals surface area contributed by atoms with Crippen molar-refractivity contribution in [3.8, 4) is 0 Å². The van der Waals surface area contributed by atoms with E-state index >= 15 is 0 Å². The molecule has 0 spiro atoms. The molecule has 0 aromatic rings. The summed E-state index contributed by atoms with van der Waals surface area (Å²) in [6, 6.07) is 0.209. The van der Waals surface area contributed by atoms with Crippen LogP contribution in [0.15, 0.2) is 4.99 Å². The first-order valence-corrected chi connectivity index (χ1v) is 10.5. The van der Waals surface area contributed by atoms with Crippen LogP contribution < -0.4 is 16.0 Å². The second kappa shape index (κ2) is 9.95. The molecule has 2 fully saturated rings. The van der Waals surface area contributed by atoms with Crippen molar-refractivity contribution in [1.29, 1.82) is 0 Å². The molecule has 7 nitrogen and oxygen atoms in total. The Labute approximate surface area is 163 Å². The minimum absolute atomic E-state index is 0.0128. The molecule has 0 aromatic carbocycles. The van der Waals surface area contributed by atoms with Gasteiger partial charge in [-0.25, -0.2) is 0 Å². The predicted molar refractivity (Wildman–Crippen MR) is 109 cm³/mol. The summed E-state index contributed by atoms with van der Waals surface area (Å²) >= 11 is 0. The van der Waals surface area contributed by atoms with Gasteiger partial charge in [0.2, 0.25) is 11.8 Å². The number of nitrogens with one attached hydrogen (secondary N) is 3. The number of aliphatic imine (C=N–C) groups is 1. The van der Waals surface area contributed by atoms with E-state index in [2.05, 4.69) is 20.9 Å². The number of guanidine groups is 1. The fourth-order valence-corrected chi connectivity index (χ4v) is 3.77. The number of amides is 2. The maximum atomic E-state index is 12.6. The molecule has 2 rings (SSSR count). The Morgan fingerprint density at radius 3 is 2.37 bits per heavy atom. The van der Waals surface area contributed by atoms with Crippen LogP contribution in [0.25, 0.3) is 0 Å². The van der Waals surface area contributed by atoms with Crippen LogP contribution in [0.3, 0.4) is 0 Å². The van der Waals surface area contributed by atoms with Gasteiger partial charge in [-0.1, -0.05) is 12.8 Å². The van der Waals surface area contributed by atoms with E-state index in [1.165, 1.54) is 12.8 Å². The van der Waals surface area contributed by atoms with Crippen LogP contribution in [0.2, 0.25) is 0 Å². The third-order valence-electron chi connectivity index (χ3n) is 5.47. The molecule has 2 aliphatic rings. The van der Waals surface area contributed by atoms with Crippen molar-refractivity contribution in [1.82, 2.24) is 20.9 Å². The zero-order chi connectivity index (χ0) is 19.9. The van der Waals surface area contributed by atoms with Crippen molar-refractivity contribution in [2.75, 3.05) is 32.7 Å². The SMILES string of the molecule is CCNC(=O)C(C)(C)CN=C(NCC)NC1CCN(C(=O)C2CCCC2)C1. The first kappa shape index (κ1) is 21.5. The minimum Gasteiger partial charge on any atom is -0.357 e. The lowest BCUT2D eigenvalue weighted by atomic mass is 9.92. The molecule has 27 heavy (non-hydrogen) atoms. The quantitative estimate of drug-likeness (QED) is 0.462. The van der Waals surface area contributed by atoms with E-state index in [9.17, 15) is 9.59 Å². The summed E-state index contributed by atoms with van der Waals surface area (Å²) in [7, 11) is 0. The number of hydrogen-bond acceptors (Lipinski definition) is 3. The van der Waals surface area contributed by atoms with Gasteiger partial charge in [0.1, 0.15) is 0 Å². The highest BCUT2D eigenvalue weighted by atomic mass is 16.2. The lowest BCUT2D eigenvalue weighted by Gasteiger charge is -2.23. The summed E-state index contributed by atoms with van der Waals surface area (Å²) < 4.78 is 0. The second-order valence-corrected chi connectivity index (χ2v) is 8.33. The van der Waals surface area contributed by atoms with Crippen molar-refractivity contribution in [3.05, 3.63) is 0 Å². The Morgan fingerprint density at radius 2 is 1.74 bits per heavy atom. The predicted octanol–water partition coefficient (Wildman–Crippen LogP) is 1.49. The Morgan fingerprint density at radius 1 is 1.07 bits per heavy atom. The third kappa shape index (κ3) is 6.11. The van der Waals surface area contributed by atoms with E-state index in [4.69, 9.17) is 0 Å². The van der Waals surface area contributed by atoms with Gasteiger partial charge in [-0.05, 0) is 47.0 Å². The summed E-state index contributed by atoms with van der Waals surface area (Å²) in [4.78, 5) is 31.4. The molecule has 1 atom stereocenters. The number of likely N-dealkylation sites (tertiary alicyclic amines) is 1. The van der Waals surface area contributed by atoms with E-state index in [1.807, 2.05) is 32.6 Å². The maximum Gasteiger partial charge on any atom is 0.227 e. The fraction of sp³-hybridized carbons (Fsp3) is 0.850. The highest BCUT2D eigenvalue weighted by Crippen LogP contribution is 2.27. The number of carbonyl (C=O) groups excluding carboxylic acids is 2. The van der Waals surface area contributed by atoms with Gasteiger partial charge in [0.15, 0.2) is 5.96 Å². The molecule has 0 bridgehead atoms. The Bertz CT molecular complexity index is 540. The van der Waals surface area contributed by atoms with Gasteiger partial charge in [0.05, 0.1) is 12.0 Å². The molecule has 3 N–H and O–H groups in total. The Balaban J connectivity index is 1.89. The Hall–Kier alpha value is -1.79. The Kier molecular flexibility index (Phi) is 7.92. The van der Waals surface area contributed by atoms with E-state index in [1.54, 1.807) is 0 Å². The van der Waals surface area contributed by atoms with Gasteiger partial charge in [0, 0.05) is 38.1 Å². The van der Waals surface area contributed by atoms with Crippen LogP contribution >= 0.6 is 0 Å². The average molecular weight is 380 g/mol. The zero-order valence-corrected chi connectivity index (χ0v) is 17.4. The van der Waals surface area contributed by atoms with E-state index < -0.39 is 5.41 Å². The highest BCUT2D eigenvalue weighted by Gasteiger charge is 2.33. The fourth-order valence-electron chi connectivity index (χ4n) is 3.77. The molecule has 0 radical (unpaired) electrons. The van der Waals surface area contributed by atoms with Crippen molar-refractivity contribution >= 4 is 17.8 Å². The van der Waals surface area contributed by atoms with Crippen molar-refractivity contribution in [3.63, 3.8) is 0 Å². The third-order valence-corrected chi connectivity index (χ3v) is 5.47. The van der Waals surface area contributed by atoms with Crippen molar-refractivity contribution < 1.29 is 9.59 Å². The minimum atomic E-state index is -0.557. The normalized spacial score (nSPS) is 21.4. The molecular weight excluding hydrogens is 342 g/mol. The summed E-state index contributed by atoms with van der Waals surface area (Å²) in [5, 5.41) is 9.57. The largest absolute Gasteiger partial charge is 0.357 e. The highest BCUT2D eigenvalue weighted by molar-refractivity contribution is 5.84. The standard InChI is InChI=1S/C20H37N5O2/c1-5-21-18(27)20(3,4)14-23-19(22-6-2)24-16-11-12-25(13-16)17(26)15-9-7-8-10-15/h15-16H,5-14H2,1-4H3,(H,21,27)(H2,22,23,24). The summed E-state index contributed by atoms with van der Waals surface area (Å²) in [5.41, 5.74) is -0.557. The zero-order valence-electron chi connectivity index (χ0n) is 17.4. The topological polar surface area (TPSA) is 85.8 Å². The first-order valence-electron chi connectivity index (χ1n) is 10.5. The van der Waals surface area contributed by atoms with Gasteiger partial charge < -0.3 is 20.9 Å². The molecule has 2 amide bonds. The summed E-state index contributed by atoms with van der Waals surface area (Å²) in [6.07, 6.45) is 5.40. The van der Waals surface area contributed by atoms with Crippen LogP contribution in [0.1, 0.15) is 59.8 Å². The molecular formula is C20H37N5O2. The van der Waals surface area contributed by atoms with Gasteiger partial charge in [-0.3, -0.25) is 14.6 Å². The number of carbonyl (C=O) groups is 2. The molecule has 1 heterocycles. The summed E-state index contributed by atoms with van der Waals surface area (Å²) in [6.45, 7) is 11.1. The monoisotopic (exact) mass is 379 g/mol. The molecule has 0 aromatic heterocycles. The molecule has 1 unspecified atom stereocenters. The molecule has 7 heteroatoms. The molecule has 1 saturated carbocycles. The van der Waals surface area contributed by atoms with Crippen LogP contribution in [-0.4, -0.2) is 61.4 Å². The van der Waals surface area contributed by atoms with Gasteiger partial charge >= 0.3 is 0 Å². The molecule has 1 aliphatic carbocycles. The van der Waals surface area contributed by atoms with Crippen LogP contribution in [0.5, 0.6) is 0 Å². The van der Waals surface area contributed by atoms with Crippen molar-refractivity contribution in [2.45, 2.75) is 65.8 Å². The van der Waals surface area contributed by atoms with Gasteiger partial charge in [0.25, 0.3) is 0 Å². The van der Waals surface area contributed by atoms with Gasteiger partial charge in [-0.15, -0.1) is 0 Å². The van der Waals surface area contributed by atoms with Crippen LogP contribution in [0, 0.1) is 11.3 Å². The van der Waals surface area contributed by atoms with E-state index in [-0.39, 0.29) is 17.9 Å². The number of rotatable bonds is 7. The number of hydrogen-bond donors (Lipinski definition) is 3. The van der Waals surface area contributed by atoms with E-state index in [0.717, 1.165) is 44.9 Å². The lowest BCUT2D eigenvalue weighted by molar-refractivity contribution is -0.134. The first-order chi connectivity index (χ1) is 12.9. The second-order valence-electron chi connectivity index (χ2n) is 8.33. The lowest BCUT2D eigenvalue weighted by Crippen LogP contribution is -2.46. The van der Waals surface area contributed by atoms with Crippen molar-refractivity contribution in [2.24, 2.45) is 16.3 Å². The van der Waals surface area contributed by atoms with Crippen LogP contribution in [0.4, 0.5) is 0 Å². The summed E-state index contributed by atoms with van der Waals surface area (Å²) in [5.74, 6) is 1.30. The maximum absolute atomic E-state index is 12.6. The molecule has 1 saturated heterocycles. The molecule has 1 aliphatic heterocycles. The smallest absolute Gasteiger partial charge is 0.227 e. The number of nitrogens with zero attached hydrogens (tertiary/aromatic N) is 2. The molecule has 154 valence electrons. The van der Waals surface area contributed by atoms with E-state index in [0.29, 0.717) is 19.0 Å². The van der Waals surface area contributed by atoms with Crippen LogP contribution in [-0.2, 0) is 9.59 Å².